The normalized spacial score (nSPS) is 12.7. The third-order valence-corrected chi connectivity index (χ3v) is 3.71. The van der Waals surface area contributed by atoms with E-state index in [0.717, 1.165) is 10.9 Å². The molecule has 2 nitrogen and oxygen atoms in total. The van der Waals surface area contributed by atoms with E-state index in [-0.39, 0.29) is 6.04 Å². The van der Waals surface area contributed by atoms with Crippen LogP contribution in [0.25, 0.3) is 0 Å². The fourth-order valence-electron chi connectivity index (χ4n) is 2.48. The number of rotatable bonds is 5. The first-order chi connectivity index (χ1) is 9.60. The lowest BCUT2D eigenvalue weighted by Gasteiger charge is -2.18. The fraction of sp³-hybridized carbons (Fsp3) is 0.353. The van der Waals surface area contributed by atoms with E-state index in [9.17, 15) is 0 Å². The van der Waals surface area contributed by atoms with Gasteiger partial charge in [-0.3, -0.25) is 4.98 Å². The van der Waals surface area contributed by atoms with E-state index in [1.807, 2.05) is 19.4 Å². The Bertz CT molecular complexity index is 566. The van der Waals surface area contributed by atoms with Crippen LogP contribution in [0.4, 0.5) is 0 Å². The van der Waals surface area contributed by atoms with Gasteiger partial charge in [-0.05, 0) is 58.1 Å². The highest BCUT2D eigenvalue weighted by Gasteiger charge is 2.13. The van der Waals surface area contributed by atoms with Crippen molar-refractivity contribution in [2.45, 2.75) is 26.3 Å². The number of halogens is 1. The van der Waals surface area contributed by atoms with Crippen molar-refractivity contribution in [1.82, 2.24) is 10.3 Å². The summed E-state index contributed by atoms with van der Waals surface area (Å²) in [7, 11) is 1.99. The minimum Gasteiger partial charge on any atom is -0.309 e. The van der Waals surface area contributed by atoms with Crippen LogP contribution >= 0.6 is 15.9 Å². The number of nitrogens with zero attached hydrogens (tertiary/aromatic N) is 1. The summed E-state index contributed by atoms with van der Waals surface area (Å²) >= 11 is 3.49. The highest BCUT2D eigenvalue weighted by atomic mass is 79.9. The Kier molecular flexibility index (Phi) is 5.32. The van der Waals surface area contributed by atoms with E-state index in [0.29, 0.717) is 5.92 Å². The molecule has 0 radical (unpaired) electrons. The van der Waals surface area contributed by atoms with Crippen LogP contribution in [0.2, 0.25) is 0 Å². The molecule has 0 aliphatic heterocycles. The number of hydrogen-bond acceptors (Lipinski definition) is 2. The summed E-state index contributed by atoms with van der Waals surface area (Å²) in [5.74, 6) is 0.672. The Hall–Kier alpha value is -1.19. The molecule has 1 atom stereocenters. The van der Waals surface area contributed by atoms with Crippen molar-refractivity contribution in [2.75, 3.05) is 7.05 Å². The zero-order valence-electron chi connectivity index (χ0n) is 12.2. The molecule has 1 aromatic carbocycles. The number of pyridine rings is 1. The van der Waals surface area contributed by atoms with E-state index in [2.05, 4.69) is 70.4 Å². The van der Waals surface area contributed by atoms with Gasteiger partial charge in [0.1, 0.15) is 0 Å². The largest absolute Gasteiger partial charge is 0.309 e. The first-order valence-corrected chi connectivity index (χ1v) is 7.76. The summed E-state index contributed by atoms with van der Waals surface area (Å²) in [5, 5.41) is 3.38. The molecule has 2 aromatic rings. The summed E-state index contributed by atoms with van der Waals surface area (Å²) in [6.07, 6.45) is 4.84. The summed E-state index contributed by atoms with van der Waals surface area (Å²) in [6.45, 7) is 4.50. The predicted molar refractivity (Wildman–Crippen MR) is 87.8 cm³/mol. The Morgan fingerprint density at radius 1 is 1.15 bits per heavy atom. The Morgan fingerprint density at radius 3 is 2.60 bits per heavy atom. The van der Waals surface area contributed by atoms with Crippen molar-refractivity contribution in [3.05, 3.63) is 63.9 Å². The van der Waals surface area contributed by atoms with Crippen LogP contribution in [0.5, 0.6) is 0 Å². The van der Waals surface area contributed by atoms with E-state index in [1.165, 1.54) is 16.7 Å². The van der Waals surface area contributed by atoms with Gasteiger partial charge in [-0.2, -0.15) is 0 Å². The second kappa shape index (κ2) is 7.00. The minimum absolute atomic E-state index is 0.173. The average molecular weight is 333 g/mol. The maximum atomic E-state index is 4.26. The molecule has 0 saturated carbocycles. The molecule has 0 spiro atoms. The standard InChI is InChI=1S/C17H21BrN2/c1-12(2)7-13-5-4-6-14(8-13)17(19-3)15-9-16(18)11-20-10-15/h4-6,8-12,17,19H,7H2,1-3H3. The molecule has 0 aliphatic carbocycles. The van der Waals surface area contributed by atoms with Gasteiger partial charge in [0.25, 0.3) is 0 Å². The Labute approximate surface area is 129 Å². The van der Waals surface area contributed by atoms with E-state index in [4.69, 9.17) is 0 Å². The first-order valence-electron chi connectivity index (χ1n) is 6.96. The summed E-state index contributed by atoms with van der Waals surface area (Å²) < 4.78 is 1.01. The molecule has 106 valence electrons. The van der Waals surface area contributed by atoms with Gasteiger partial charge < -0.3 is 5.32 Å². The molecular formula is C17H21BrN2. The van der Waals surface area contributed by atoms with Crippen LogP contribution in [0.1, 0.15) is 36.6 Å². The Morgan fingerprint density at radius 2 is 1.95 bits per heavy atom. The summed E-state index contributed by atoms with van der Waals surface area (Å²) in [6, 6.07) is 11.1. The van der Waals surface area contributed by atoms with Crippen LogP contribution in [-0.4, -0.2) is 12.0 Å². The van der Waals surface area contributed by atoms with Crippen molar-refractivity contribution in [3.63, 3.8) is 0 Å². The van der Waals surface area contributed by atoms with Gasteiger partial charge >= 0.3 is 0 Å². The highest BCUT2D eigenvalue weighted by molar-refractivity contribution is 9.10. The number of aromatic nitrogens is 1. The molecule has 0 fully saturated rings. The molecule has 2 rings (SSSR count). The van der Waals surface area contributed by atoms with Gasteiger partial charge in [0.15, 0.2) is 0 Å². The van der Waals surface area contributed by atoms with Crippen molar-refractivity contribution >= 4 is 15.9 Å². The van der Waals surface area contributed by atoms with E-state index < -0.39 is 0 Å². The van der Waals surface area contributed by atoms with Crippen LogP contribution in [0, 0.1) is 5.92 Å². The van der Waals surface area contributed by atoms with Crippen LogP contribution in [0.15, 0.2) is 47.2 Å². The van der Waals surface area contributed by atoms with Crippen molar-refractivity contribution in [1.29, 1.82) is 0 Å². The van der Waals surface area contributed by atoms with Gasteiger partial charge in [-0.25, -0.2) is 0 Å². The third-order valence-electron chi connectivity index (χ3n) is 3.28. The molecule has 0 saturated heterocycles. The number of nitrogens with one attached hydrogen (secondary N) is 1. The van der Waals surface area contributed by atoms with Gasteiger partial charge in [0.05, 0.1) is 6.04 Å². The number of hydrogen-bond donors (Lipinski definition) is 1. The molecule has 1 N–H and O–H groups in total. The molecule has 1 heterocycles. The molecule has 0 amide bonds. The minimum atomic E-state index is 0.173. The quantitative estimate of drug-likeness (QED) is 0.880. The third kappa shape index (κ3) is 3.90. The van der Waals surface area contributed by atoms with Gasteiger partial charge in [-0.1, -0.05) is 38.1 Å². The molecule has 1 unspecified atom stereocenters. The maximum Gasteiger partial charge on any atom is 0.0590 e. The SMILES string of the molecule is CNC(c1cncc(Br)c1)c1cccc(CC(C)C)c1. The smallest absolute Gasteiger partial charge is 0.0590 e. The monoisotopic (exact) mass is 332 g/mol. The molecule has 0 aliphatic rings. The zero-order chi connectivity index (χ0) is 14.5. The highest BCUT2D eigenvalue weighted by Crippen LogP contribution is 2.24. The van der Waals surface area contributed by atoms with E-state index in [1.54, 1.807) is 0 Å². The zero-order valence-corrected chi connectivity index (χ0v) is 13.8. The summed E-state index contributed by atoms with van der Waals surface area (Å²) in [4.78, 5) is 4.26. The van der Waals surface area contributed by atoms with Crippen LogP contribution in [-0.2, 0) is 6.42 Å². The van der Waals surface area contributed by atoms with Gasteiger partial charge in [0, 0.05) is 16.9 Å². The number of benzene rings is 1. The van der Waals surface area contributed by atoms with Crippen LogP contribution in [0.3, 0.4) is 0 Å². The molecule has 1 aromatic heterocycles. The van der Waals surface area contributed by atoms with Crippen molar-refractivity contribution < 1.29 is 0 Å². The lowest BCUT2D eigenvalue weighted by molar-refractivity contribution is 0.643. The van der Waals surface area contributed by atoms with Crippen molar-refractivity contribution in [2.24, 2.45) is 5.92 Å². The molecule has 3 heteroatoms. The topological polar surface area (TPSA) is 24.9 Å². The lowest BCUT2D eigenvalue weighted by atomic mass is 9.95. The molecule has 0 bridgehead atoms. The van der Waals surface area contributed by atoms with Gasteiger partial charge in [-0.15, -0.1) is 0 Å². The fourth-order valence-corrected chi connectivity index (χ4v) is 2.87. The van der Waals surface area contributed by atoms with E-state index >= 15 is 0 Å². The Balaban J connectivity index is 2.32. The predicted octanol–water partition coefficient (Wildman–Crippen LogP) is 4.35. The molecule has 20 heavy (non-hydrogen) atoms. The lowest BCUT2D eigenvalue weighted by Crippen LogP contribution is -2.18. The average Bonchev–Trinajstić information content (AvgIpc) is 2.39. The first kappa shape index (κ1) is 15.2. The van der Waals surface area contributed by atoms with Crippen LogP contribution < -0.4 is 5.32 Å². The summed E-state index contributed by atoms with van der Waals surface area (Å²) in [5.41, 5.74) is 3.84. The molecular weight excluding hydrogens is 312 g/mol. The maximum absolute atomic E-state index is 4.26. The second-order valence-corrected chi connectivity index (χ2v) is 6.42. The van der Waals surface area contributed by atoms with Crippen molar-refractivity contribution in [3.8, 4) is 0 Å². The second-order valence-electron chi connectivity index (χ2n) is 5.50. The van der Waals surface area contributed by atoms with Gasteiger partial charge in [0.2, 0.25) is 0 Å².